The van der Waals surface area contributed by atoms with Gasteiger partial charge in [0.15, 0.2) is 5.69 Å². The van der Waals surface area contributed by atoms with Gasteiger partial charge in [-0.2, -0.15) is 5.10 Å². The standard InChI is InChI=1S/C18H25N5O2/c1-3-13-4-5-14(25-13)10-22-11-15-16(12-22)19-20-17(15)18(24)23-8-6-21(2)7-9-23/h4-5H,3,6-12H2,1-2H3,(H,19,20). The van der Waals surface area contributed by atoms with Crippen LogP contribution in [0.1, 0.15) is 40.2 Å². The summed E-state index contributed by atoms with van der Waals surface area (Å²) in [7, 11) is 2.09. The van der Waals surface area contributed by atoms with Crippen LogP contribution < -0.4 is 0 Å². The van der Waals surface area contributed by atoms with Crippen molar-refractivity contribution in [1.82, 2.24) is 24.9 Å². The van der Waals surface area contributed by atoms with E-state index in [1.54, 1.807) is 0 Å². The highest BCUT2D eigenvalue weighted by Gasteiger charge is 2.31. The summed E-state index contributed by atoms with van der Waals surface area (Å²) in [6, 6.07) is 4.08. The number of furan rings is 1. The zero-order chi connectivity index (χ0) is 17.4. The van der Waals surface area contributed by atoms with E-state index < -0.39 is 0 Å². The summed E-state index contributed by atoms with van der Waals surface area (Å²) in [6.45, 7) is 7.74. The van der Waals surface area contributed by atoms with Gasteiger partial charge in [-0.05, 0) is 19.2 Å². The fourth-order valence-corrected chi connectivity index (χ4v) is 3.57. The molecule has 7 heteroatoms. The summed E-state index contributed by atoms with van der Waals surface area (Å²) in [6.07, 6.45) is 0.909. The first-order valence-electron chi connectivity index (χ1n) is 8.98. The number of hydrogen-bond acceptors (Lipinski definition) is 5. The lowest BCUT2D eigenvalue weighted by Crippen LogP contribution is -2.47. The molecule has 1 N–H and O–H groups in total. The SMILES string of the molecule is CCc1ccc(CN2Cc3[nH]nc(C(=O)N4CCN(C)CC4)c3C2)o1. The lowest BCUT2D eigenvalue weighted by molar-refractivity contribution is 0.0656. The van der Waals surface area contributed by atoms with E-state index in [4.69, 9.17) is 4.42 Å². The van der Waals surface area contributed by atoms with Gasteiger partial charge in [-0.25, -0.2) is 0 Å². The van der Waals surface area contributed by atoms with Gasteiger partial charge in [0, 0.05) is 51.3 Å². The van der Waals surface area contributed by atoms with E-state index in [1.807, 2.05) is 17.0 Å². The Morgan fingerprint density at radius 3 is 2.68 bits per heavy atom. The van der Waals surface area contributed by atoms with Crippen molar-refractivity contribution >= 4 is 5.91 Å². The third kappa shape index (κ3) is 3.21. The minimum atomic E-state index is 0.0544. The van der Waals surface area contributed by atoms with Crippen LogP contribution in [0.3, 0.4) is 0 Å². The van der Waals surface area contributed by atoms with Gasteiger partial charge in [0.25, 0.3) is 5.91 Å². The maximum atomic E-state index is 12.8. The predicted octanol–water partition coefficient (Wildman–Crippen LogP) is 1.47. The molecule has 0 unspecified atom stereocenters. The highest BCUT2D eigenvalue weighted by molar-refractivity contribution is 5.94. The molecule has 0 aromatic carbocycles. The Labute approximate surface area is 147 Å². The Morgan fingerprint density at radius 2 is 1.96 bits per heavy atom. The van der Waals surface area contributed by atoms with Crippen molar-refractivity contribution in [3.8, 4) is 0 Å². The second-order valence-corrected chi connectivity index (χ2v) is 6.99. The zero-order valence-electron chi connectivity index (χ0n) is 14.9. The van der Waals surface area contributed by atoms with Gasteiger partial charge in [0.05, 0.1) is 12.2 Å². The van der Waals surface area contributed by atoms with Crippen LogP contribution in [0.5, 0.6) is 0 Å². The molecule has 1 saturated heterocycles. The van der Waals surface area contributed by atoms with E-state index in [1.165, 1.54) is 0 Å². The molecular weight excluding hydrogens is 318 g/mol. The summed E-state index contributed by atoms with van der Waals surface area (Å²) in [5.41, 5.74) is 2.70. The van der Waals surface area contributed by atoms with Crippen LogP contribution in [-0.2, 0) is 26.1 Å². The van der Waals surface area contributed by atoms with Crippen LogP contribution >= 0.6 is 0 Å². The van der Waals surface area contributed by atoms with Gasteiger partial charge in [-0.15, -0.1) is 0 Å². The fraction of sp³-hybridized carbons (Fsp3) is 0.556. The molecule has 0 saturated carbocycles. The molecule has 2 aromatic rings. The molecule has 0 atom stereocenters. The van der Waals surface area contributed by atoms with E-state index in [9.17, 15) is 4.79 Å². The Balaban J connectivity index is 1.43. The van der Waals surface area contributed by atoms with Gasteiger partial charge in [0.1, 0.15) is 11.5 Å². The lowest BCUT2D eigenvalue weighted by Gasteiger charge is -2.32. The van der Waals surface area contributed by atoms with Crippen molar-refractivity contribution in [2.45, 2.75) is 33.0 Å². The molecule has 134 valence electrons. The smallest absolute Gasteiger partial charge is 0.274 e. The number of aromatic amines is 1. The van der Waals surface area contributed by atoms with Crippen LogP contribution in [0.4, 0.5) is 0 Å². The van der Waals surface area contributed by atoms with Gasteiger partial charge in [0.2, 0.25) is 0 Å². The summed E-state index contributed by atoms with van der Waals surface area (Å²) < 4.78 is 5.81. The second-order valence-electron chi connectivity index (χ2n) is 6.99. The minimum absolute atomic E-state index is 0.0544. The fourth-order valence-electron chi connectivity index (χ4n) is 3.57. The van der Waals surface area contributed by atoms with Crippen LogP contribution in [0, 0.1) is 0 Å². The number of carbonyl (C=O) groups is 1. The molecular formula is C18H25N5O2. The Morgan fingerprint density at radius 1 is 1.20 bits per heavy atom. The molecule has 2 aromatic heterocycles. The maximum absolute atomic E-state index is 12.8. The molecule has 25 heavy (non-hydrogen) atoms. The van der Waals surface area contributed by atoms with Crippen LogP contribution in [0.2, 0.25) is 0 Å². The number of rotatable bonds is 4. The number of hydrogen-bond donors (Lipinski definition) is 1. The van der Waals surface area contributed by atoms with Gasteiger partial charge in [-0.3, -0.25) is 14.8 Å². The molecule has 0 bridgehead atoms. The zero-order valence-corrected chi connectivity index (χ0v) is 14.9. The molecule has 2 aliphatic heterocycles. The average Bonchev–Trinajstić information content (AvgIpc) is 3.31. The van der Waals surface area contributed by atoms with E-state index in [0.29, 0.717) is 5.69 Å². The number of carbonyl (C=O) groups excluding carboxylic acids is 1. The number of likely N-dealkylation sites (N-methyl/N-ethyl adjacent to an activating group) is 1. The number of aromatic nitrogens is 2. The van der Waals surface area contributed by atoms with Crippen molar-refractivity contribution in [3.05, 3.63) is 40.6 Å². The summed E-state index contributed by atoms with van der Waals surface area (Å²) in [4.78, 5) is 19.3. The van der Waals surface area contributed by atoms with Gasteiger partial charge >= 0.3 is 0 Å². The highest BCUT2D eigenvalue weighted by Crippen LogP contribution is 2.26. The van der Waals surface area contributed by atoms with Gasteiger partial charge < -0.3 is 14.2 Å². The predicted molar refractivity (Wildman–Crippen MR) is 93.0 cm³/mol. The van der Waals surface area contributed by atoms with Crippen LogP contribution in [-0.4, -0.2) is 64.0 Å². The molecule has 0 spiro atoms. The number of aryl methyl sites for hydroxylation is 1. The van der Waals surface area contributed by atoms with Crippen molar-refractivity contribution < 1.29 is 9.21 Å². The van der Waals surface area contributed by atoms with E-state index in [0.717, 1.165) is 75.0 Å². The Hall–Kier alpha value is -2.12. The molecule has 0 aliphatic carbocycles. The Kier molecular flexibility index (Phi) is 4.35. The van der Waals surface area contributed by atoms with Crippen LogP contribution in [0.25, 0.3) is 0 Å². The molecule has 1 amide bonds. The molecule has 2 aliphatic rings. The molecule has 4 heterocycles. The molecule has 0 radical (unpaired) electrons. The summed E-state index contributed by atoms with van der Waals surface area (Å²) in [5.74, 6) is 2.04. The van der Waals surface area contributed by atoms with Crippen LogP contribution in [0.15, 0.2) is 16.5 Å². The van der Waals surface area contributed by atoms with E-state index in [-0.39, 0.29) is 5.91 Å². The third-order valence-electron chi connectivity index (χ3n) is 5.15. The van der Waals surface area contributed by atoms with Crippen molar-refractivity contribution in [3.63, 3.8) is 0 Å². The number of nitrogens with zero attached hydrogens (tertiary/aromatic N) is 4. The maximum Gasteiger partial charge on any atom is 0.274 e. The monoisotopic (exact) mass is 343 g/mol. The first kappa shape index (κ1) is 16.4. The summed E-state index contributed by atoms with van der Waals surface area (Å²) >= 11 is 0. The number of nitrogens with one attached hydrogen (secondary N) is 1. The quantitative estimate of drug-likeness (QED) is 0.910. The van der Waals surface area contributed by atoms with Crippen molar-refractivity contribution in [1.29, 1.82) is 0 Å². The van der Waals surface area contributed by atoms with Gasteiger partial charge in [-0.1, -0.05) is 6.92 Å². The Bertz CT molecular complexity index is 757. The first-order chi connectivity index (χ1) is 12.1. The third-order valence-corrected chi connectivity index (χ3v) is 5.15. The molecule has 1 fully saturated rings. The normalized spacial score (nSPS) is 18.7. The molecule has 4 rings (SSSR count). The number of piperazine rings is 1. The largest absolute Gasteiger partial charge is 0.465 e. The number of fused-ring (bicyclic) bond motifs is 1. The number of amides is 1. The molecule has 7 nitrogen and oxygen atoms in total. The number of H-pyrrole nitrogens is 1. The van der Waals surface area contributed by atoms with Crippen molar-refractivity contribution in [2.24, 2.45) is 0 Å². The minimum Gasteiger partial charge on any atom is -0.465 e. The topological polar surface area (TPSA) is 68.6 Å². The highest BCUT2D eigenvalue weighted by atomic mass is 16.3. The van der Waals surface area contributed by atoms with E-state index in [2.05, 4.69) is 34.0 Å². The van der Waals surface area contributed by atoms with E-state index >= 15 is 0 Å². The summed E-state index contributed by atoms with van der Waals surface area (Å²) in [5, 5.41) is 7.38. The lowest BCUT2D eigenvalue weighted by atomic mass is 10.2. The average molecular weight is 343 g/mol. The second kappa shape index (κ2) is 6.65. The first-order valence-corrected chi connectivity index (χ1v) is 8.98. The van der Waals surface area contributed by atoms with Crippen molar-refractivity contribution in [2.75, 3.05) is 33.2 Å².